The summed E-state index contributed by atoms with van der Waals surface area (Å²) in [7, 11) is 0. The average Bonchev–Trinajstić information content (AvgIpc) is 2.65. The second-order valence-corrected chi connectivity index (χ2v) is 4.39. The maximum Gasteiger partial charge on any atom is 0.222 e. The fraction of sp³-hybridized carbons (Fsp3) is 0.909. The van der Waals surface area contributed by atoms with Gasteiger partial charge in [-0.25, -0.2) is 0 Å². The van der Waals surface area contributed by atoms with Gasteiger partial charge >= 0.3 is 0 Å². The summed E-state index contributed by atoms with van der Waals surface area (Å²) in [6.07, 6.45) is 2.66. The molecular weight excluding hydrogens is 204 g/mol. The quantitative estimate of drug-likeness (QED) is 0.471. The van der Waals surface area contributed by atoms with Crippen LogP contribution >= 0.6 is 0 Å². The molecule has 94 valence electrons. The average molecular weight is 228 g/mol. The number of carbonyl (C=O) groups is 1. The van der Waals surface area contributed by atoms with Gasteiger partial charge in [0, 0.05) is 19.5 Å². The molecule has 1 aliphatic rings. The fourth-order valence-corrected chi connectivity index (χ4v) is 1.97. The summed E-state index contributed by atoms with van der Waals surface area (Å²) in [5.74, 6) is 0.634. The molecule has 16 heavy (non-hydrogen) atoms. The first-order chi connectivity index (χ1) is 7.77. The molecule has 0 aromatic rings. The minimum Gasteiger partial charge on any atom is -0.342 e. The van der Waals surface area contributed by atoms with Crippen LogP contribution in [0.5, 0.6) is 0 Å². The van der Waals surface area contributed by atoms with Crippen LogP contribution in [0.3, 0.4) is 0 Å². The zero-order valence-corrected chi connectivity index (χ0v) is 9.95. The van der Waals surface area contributed by atoms with E-state index < -0.39 is 0 Å². The van der Waals surface area contributed by atoms with Gasteiger partial charge in [0.1, 0.15) is 0 Å². The molecule has 0 spiro atoms. The molecule has 1 amide bonds. The van der Waals surface area contributed by atoms with E-state index in [0.717, 1.165) is 45.6 Å². The maximum absolute atomic E-state index is 11.5. The first-order valence-electron chi connectivity index (χ1n) is 6.16. The number of amides is 1. The van der Waals surface area contributed by atoms with E-state index in [1.807, 2.05) is 4.90 Å². The van der Waals surface area contributed by atoms with Crippen molar-refractivity contribution in [2.24, 2.45) is 17.4 Å². The lowest BCUT2D eigenvalue weighted by Gasteiger charge is -2.16. The molecule has 5 nitrogen and oxygen atoms in total. The van der Waals surface area contributed by atoms with E-state index in [1.54, 1.807) is 0 Å². The van der Waals surface area contributed by atoms with Crippen molar-refractivity contribution in [2.75, 3.05) is 39.3 Å². The monoisotopic (exact) mass is 228 g/mol. The zero-order chi connectivity index (χ0) is 11.8. The maximum atomic E-state index is 11.5. The van der Waals surface area contributed by atoms with Crippen molar-refractivity contribution in [3.05, 3.63) is 0 Å². The van der Waals surface area contributed by atoms with E-state index in [-0.39, 0.29) is 5.91 Å². The molecule has 1 heterocycles. The molecule has 1 aliphatic heterocycles. The smallest absolute Gasteiger partial charge is 0.222 e. The normalized spacial score (nSPS) is 20.8. The van der Waals surface area contributed by atoms with Gasteiger partial charge in [-0.1, -0.05) is 0 Å². The van der Waals surface area contributed by atoms with E-state index in [9.17, 15) is 4.79 Å². The number of likely N-dealkylation sites (tertiary alicyclic amines) is 1. The lowest BCUT2D eigenvalue weighted by atomic mass is 10.1. The van der Waals surface area contributed by atoms with Gasteiger partial charge in [-0.15, -0.1) is 0 Å². The Morgan fingerprint density at radius 3 is 2.69 bits per heavy atom. The Morgan fingerprint density at radius 2 is 2.06 bits per heavy atom. The van der Waals surface area contributed by atoms with Gasteiger partial charge in [0.2, 0.25) is 5.91 Å². The van der Waals surface area contributed by atoms with Gasteiger partial charge in [0.05, 0.1) is 0 Å². The topological polar surface area (TPSA) is 84.4 Å². The van der Waals surface area contributed by atoms with E-state index in [1.165, 1.54) is 0 Å². The molecule has 1 rings (SSSR count). The lowest BCUT2D eigenvalue weighted by Crippen LogP contribution is -2.30. The van der Waals surface area contributed by atoms with Crippen LogP contribution in [0.15, 0.2) is 0 Å². The predicted octanol–water partition coefficient (Wildman–Crippen LogP) is -0.878. The molecule has 1 saturated heterocycles. The molecule has 1 atom stereocenters. The molecule has 0 aliphatic carbocycles. The van der Waals surface area contributed by atoms with Crippen molar-refractivity contribution in [1.29, 1.82) is 0 Å². The Labute approximate surface area is 97.5 Å². The standard InChI is InChI=1S/C11H24N4O/c12-3-1-4-14-5-2-6-15-9-10(8-13)7-11(15)16/h10,14H,1-9,12-13H2. The molecule has 1 unspecified atom stereocenters. The van der Waals surface area contributed by atoms with Crippen LogP contribution in [-0.4, -0.2) is 50.1 Å². The molecule has 0 saturated carbocycles. The molecule has 1 fully saturated rings. The number of nitrogens with zero attached hydrogens (tertiary/aromatic N) is 1. The van der Waals surface area contributed by atoms with Crippen molar-refractivity contribution in [3.8, 4) is 0 Å². The van der Waals surface area contributed by atoms with E-state index >= 15 is 0 Å². The van der Waals surface area contributed by atoms with Crippen LogP contribution in [0.1, 0.15) is 19.3 Å². The Balaban J connectivity index is 2.03. The number of hydrogen-bond donors (Lipinski definition) is 3. The largest absolute Gasteiger partial charge is 0.342 e. The third kappa shape index (κ3) is 4.47. The SMILES string of the molecule is NCCCNCCCN1CC(CN)CC1=O. The molecule has 0 bridgehead atoms. The Kier molecular flexibility index (Phi) is 6.37. The van der Waals surface area contributed by atoms with Gasteiger partial charge in [0.15, 0.2) is 0 Å². The van der Waals surface area contributed by atoms with E-state index in [4.69, 9.17) is 11.5 Å². The first kappa shape index (κ1) is 13.4. The highest BCUT2D eigenvalue weighted by Crippen LogP contribution is 2.16. The van der Waals surface area contributed by atoms with Gasteiger partial charge in [-0.05, 0) is 44.9 Å². The number of hydrogen-bond acceptors (Lipinski definition) is 4. The van der Waals surface area contributed by atoms with Crippen LogP contribution < -0.4 is 16.8 Å². The van der Waals surface area contributed by atoms with Gasteiger partial charge < -0.3 is 21.7 Å². The van der Waals surface area contributed by atoms with Gasteiger partial charge in [-0.3, -0.25) is 4.79 Å². The summed E-state index contributed by atoms with van der Waals surface area (Å²) in [4.78, 5) is 13.5. The zero-order valence-electron chi connectivity index (χ0n) is 9.95. The number of carbonyl (C=O) groups excluding carboxylic acids is 1. The molecule has 5 heteroatoms. The summed E-state index contributed by atoms with van der Waals surface area (Å²) >= 11 is 0. The Bertz CT molecular complexity index is 210. The van der Waals surface area contributed by atoms with E-state index in [0.29, 0.717) is 18.9 Å². The highest BCUT2D eigenvalue weighted by molar-refractivity contribution is 5.78. The summed E-state index contributed by atoms with van der Waals surface area (Å²) in [6, 6.07) is 0. The Morgan fingerprint density at radius 1 is 1.31 bits per heavy atom. The van der Waals surface area contributed by atoms with Crippen molar-refractivity contribution >= 4 is 5.91 Å². The minimum absolute atomic E-state index is 0.261. The first-order valence-corrected chi connectivity index (χ1v) is 6.16. The highest BCUT2D eigenvalue weighted by Gasteiger charge is 2.27. The number of nitrogens with one attached hydrogen (secondary N) is 1. The van der Waals surface area contributed by atoms with Gasteiger partial charge in [-0.2, -0.15) is 0 Å². The van der Waals surface area contributed by atoms with Crippen molar-refractivity contribution in [3.63, 3.8) is 0 Å². The van der Waals surface area contributed by atoms with Crippen LogP contribution in [0.25, 0.3) is 0 Å². The minimum atomic E-state index is 0.261. The molecular formula is C11H24N4O. The molecule has 0 radical (unpaired) electrons. The van der Waals surface area contributed by atoms with Crippen LogP contribution in [0.4, 0.5) is 0 Å². The number of rotatable bonds is 8. The summed E-state index contributed by atoms with van der Waals surface area (Å²) < 4.78 is 0. The second kappa shape index (κ2) is 7.60. The van der Waals surface area contributed by atoms with E-state index in [2.05, 4.69) is 5.32 Å². The summed E-state index contributed by atoms with van der Waals surface area (Å²) in [5.41, 5.74) is 11.0. The third-order valence-corrected chi connectivity index (χ3v) is 2.97. The Hall–Kier alpha value is -0.650. The summed E-state index contributed by atoms with van der Waals surface area (Å²) in [6.45, 7) is 4.98. The second-order valence-electron chi connectivity index (χ2n) is 4.39. The van der Waals surface area contributed by atoms with Gasteiger partial charge in [0.25, 0.3) is 0 Å². The van der Waals surface area contributed by atoms with Crippen LogP contribution in [-0.2, 0) is 4.79 Å². The molecule has 0 aromatic carbocycles. The third-order valence-electron chi connectivity index (χ3n) is 2.97. The predicted molar refractivity (Wildman–Crippen MR) is 64.9 cm³/mol. The van der Waals surface area contributed by atoms with Crippen molar-refractivity contribution in [2.45, 2.75) is 19.3 Å². The fourth-order valence-electron chi connectivity index (χ4n) is 1.97. The highest BCUT2D eigenvalue weighted by atomic mass is 16.2. The van der Waals surface area contributed by atoms with Crippen LogP contribution in [0.2, 0.25) is 0 Å². The van der Waals surface area contributed by atoms with Crippen molar-refractivity contribution in [1.82, 2.24) is 10.2 Å². The number of nitrogens with two attached hydrogens (primary N) is 2. The molecule has 5 N–H and O–H groups in total. The van der Waals surface area contributed by atoms with Crippen LogP contribution in [0, 0.1) is 5.92 Å². The molecule has 0 aromatic heterocycles. The van der Waals surface area contributed by atoms with Crippen molar-refractivity contribution < 1.29 is 4.79 Å². The lowest BCUT2D eigenvalue weighted by molar-refractivity contribution is -0.127. The summed E-state index contributed by atoms with van der Waals surface area (Å²) in [5, 5.41) is 3.31.